The first-order chi connectivity index (χ1) is 13.2. The second kappa shape index (κ2) is 6.50. The van der Waals surface area contributed by atoms with Gasteiger partial charge in [-0.25, -0.2) is 0 Å². The van der Waals surface area contributed by atoms with Crippen molar-refractivity contribution in [1.29, 1.82) is 0 Å². The highest BCUT2D eigenvalue weighted by Crippen LogP contribution is 2.38. The molecule has 3 N–H and O–H groups in total. The summed E-state index contributed by atoms with van der Waals surface area (Å²) in [5.74, 6) is 1.10. The Bertz CT molecular complexity index is 1100. The average molecular weight is 359 g/mol. The van der Waals surface area contributed by atoms with Gasteiger partial charge in [0.05, 0.1) is 5.69 Å². The normalized spacial score (nSPS) is 16.0. The Labute approximate surface area is 158 Å². The van der Waals surface area contributed by atoms with E-state index in [-0.39, 0.29) is 0 Å². The van der Waals surface area contributed by atoms with E-state index < -0.39 is 0 Å². The summed E-state index contributed by atoms with van der Waals surface area (Å²) in [5, 5.41) is 16.0. The molecule has 3 heterocycles. The number of H-pyrrole nitrogens is 2. The predicted molar refractivity (Wildman–Crippen MR) is 110 cm³/mol. The van der Waals surface area contributed by atoms with Gasteiger partial charge in [-0.2, -0.15) is 15.4 Å². The van der Waals surface area contributed by atoms with Crippen molar-refractivity contribution in [2.75, 3.05) is 13.1 Å². The summed E-state index contributed by atoms with van der Waals surface area (Å²) in [6.45, 7) is 6.79. The Morgan fingerprint density at radius 1 is 0.963 bits per heavy atom. The van der Waals surface area contributed by atoms with E-state index in [4.69, 9.17) is 0 Å². The Kier molecular flexibility index (Phi) is 3.97. The molecule has 2 aromatic carbocycles. The van der Waals surface area contributed by atoms with E-state index in [1.165, 1.54) is 46.1 Å². The number of benzene rings is 2. The van der Waals surface area contributed by atoms with Crippen molar-refractivity contribution >= 4 is 21.9 Å². The maximum Gasteiger partial charge on any atom is 0.113 e. The van der Waals surface area contributed by atoms with Crippen molar-refractivity contribution in [3.8, 4) is 11.3 Å². The molecule has 138 valence electrons. The minimum atomic E-state index is 0.435. The Morgan fingerprint density at radius 2 is 1.78 bits per heavy atom. The van der Waals surface area contributed by atoms with Crippen molar-refractivity contribution in [1.82, 2.24) is 25.7 Å². The fraction of sp³-hybridized carbons (Fsp3) is 0.364. The van der Waals surface area contributed by atoms with Crippen LogP contribution in [0.2, 0.25) is 0 Å². The maximum absolute atomic E-state index is 4.25. The lowest BCUT2D eigenvalue weighted by Crippen LogP contribution is -2.26. The summed E-state index contributed by atoms with van der Waals surface area (Å²) in [7, 11) is 0. The fourth-order valence-electron chi connectivity index (χ4n) is 4.46. The molecule has 0 amide bonds. The number of aromatic nitrogens is 4. The van der Waals surface area contributed by atoms with Gasteiger partial charge in [-0.15, -0.1) is 0 Å². The number of hydrogen-bond acceptors (Lipinski definition) is 3. The van der Waals surface area contributed by atoms with Crippen LogP contribution in [0, 0.1) is 0 Å². The van der Waals surface area contributed by atoms with Crippen molar-refractivity contribution in [3.05, 3.63) is 47.5 Å². The van der Waals surface area contributed by atoms with E-state index in [1.807, 2.05) is 6.07 Å². The second-order valence-corrected chi connectivity index (χ2v) is 7.92. The van der Waals surface area contributed by atoms with Crippen LogP contribution in [0.1, 0.15) is 49.7 Å². The molecule has 1 aliphatic heterocycles. The van der Waals surface area contributed by atoms with Gasteiger partial charge in [0.15, 0.2) is 0 Å². The van der Waals surface area contributed by atoms with Gasteiger partial charge in [-0.05, 0) is 73.2 Å². The van der Waals surface area contributed by atoms with Crippen LogP contribution in [0.15, 0.2) is 36.4 Å². The zero-order valence-electron chi connectivity index (χ0n) is 15.8. The van der Waals surface area contributed by atoms with Crippen LogP contribution in [0.25, 0.3) is 33.2 Å². The standard InChI is InChI=1S/C22H25N5/c1-13(2)21-17-11-15(14-7-9-23-10-8-14)3-5-18(17)24-22(21)16-4-6-19-20(12-16)26-27-25-19/h3-6,11-14,23-24H,7-10H2,1-2H3,(H,25,26,27). The van der Waals surface area contributed by atoms with Gasteiger partial charge in [0.2, 0.25) is 0 Å². The lowest BCUT2D eigenvalue weighted by Gasteiger charge is -2.23. The van der Waals surface area contributed by atoms with Crippen LogP contribution >= 0.6 is 0 Å². The van der Waals surface area contributed by atoms with Crippen molar-refractivity contribution in [2.45, 2.75) is 38.5 Å². The van der Waals surface area contributed by atoms with Crippen molar-refractivity contribution < 1.29 is 0 Å². The molecule has 1 aliphatic rings. The van der Waals surface area contributed by atoms with Gasteiger partial charge in [-0.3, -0.25) is 0 Å². The van der Waals surface area contributed by atoms with Gasteiger partial charge in [0.25, 0.3) is 0 Å². The van der Waals surface area contributed by atoms with Crippen LogP contribution in [0.4, 0.5) is 0 Å². The first-order valence-electron chi connectivity index (χ1n) is 9.88. The van der Waals surface area contributed by atoms with Gasteiger partial charge in [-0.1, -0.05) is 26.0 Å². The van der Waals surface area contributed by atoms with E-state index in [1.54, 1.807) is 0 Å². The van der Waals surface area contributed by atoms with E-state index in [0.29, 0.717) is 11.8 Å². The van der Waals surface area contributed by atoms with Crippen LogP contribution in [-0.2, 0) is 0 Å². The number of fused-ring (bicyclic) bond motifs is 2. The second-order valence-electron chi connectivity index (χ2n) is 7.92. The van der Waals surface area contributed by atoms with Gasteiger partial charge < -0.3 is 10.3 Å². The molecule has 0 saturated carbocycles. The number of nitrogens with zero attached hydrogens (tertiary/aromatic N) is 2. The average Bonchev–Trinajstić information content (AvgIpc) is 3.31. The molecular formula is C22H25N5. The molecule has 2 aromatic heterocycles. The van der Waals surface area contributed by atoms with Crippen LogP contribution in [0.3, 0.4) is 0 Å². The number of aromatic amines is 2. The lowest BCUT2D eigenvalue weighted by atomic mass is 9.88. The summed E-state index contributed by atoms with van der Waals surface area (Å²) in [4.78, 5) is 3.68. The Morgan fingerprint density at radius 3 is 2.59 bits per heavy atom. The van der Waals surface area contributed by atoms with Crippen molar-refractivity contribution in [3.63, 3.8) is 0 Å². The van der Waals surface area contributed by atoms with Crippen LogP contribution < -0.4 is 5.32 Å². The molecular weight excluding hydrogens is 334 g/mol. The molecule has 0 spiro atoms. The molecule has 0 atom stereocenters. The SMILES string of the molecule is CC(C)c1c(-c2ccc3n[nH]nc3c2)[nH]c2ccc(C3CCNCC3)cc12. The number of piperidine rings is 1. The molecule has 1 fully saturated rings. The zero-order chi connectivity index (χ0) is 18.4. The summed E-state index contributed by atoms with van der Waals surface area (Å²) < 4.78 is 0. The first kappa shape index (κ1) is 16.5. The number of nitrogens with one attached hydrogen (secondary N) is 3. The lowest BCUT2D eigenvalue weighted by molar-refractivity contribution is 0.460. The highest BCUT2D eigenvalue weighted by Gasteiger charge is 2.20. The number of rotatable bonds is 3. The quantitative estimate of drug-likeness (QED) is 0.497. The third-order valence-electron chi connectivity index (χ3n) is 5.86. The third-order valence-corrected chi connectivity index (χ3v) is 5.86. The highest BCUT2D eigenvalue weighted by molar-refractivity contribution is 5.93. The summed E-state index contributed by atoms with van der Waals surface area (Å²) in [6.07, 6.45) is 2.45. The first-order valence-corrected chi connectivity index (χ1v) is 9.88. The Hall–Kier alpha value is -2.66. The van der Waals surface area contributed by atoms with Gasteiger partial charge >= 0.3 is 0 Å². The molecule has 0 aliphatic carbocycles. The topological polar surface area (TPSA) is 69.4 Å². The van der Waals surface area contributed by atoms with Gasteiger partial charge in [0.1, 0.15) is 11.0 Å². The molecule has 5 nitrogen and oxygen atoms in total. The molecule has 4 aromatic rings. The van der Waals surface area contributed by atoms with E-state index in [9.17, 15) is 0 Å². The van der Waals surface area contributed by atoms with E-state index in [0.717, 1.165) is 24.1 Å². The monoisotopic (exact) mass is 359 g/mol. The molecule has 5 rings (SSSR count). The predicted octanol–water partition coefficient (Wildman–Crippen LogP) is 4.70. The molecule has 27 heavy (non-hydrogen) atoms. The minimum absolute atomic E-state index is 0.435. The van der Waals surface area contributed by atoms with Crippen molar-refractivity contribution in [2.24, 2.45) is 0 Å². The van der Waals surface area contributed by atoms with Crippen LogP contribution in [-0.4, -0.2) is 33.5 Å². The fourth-order valence-corrected chi connectivity index (χ4v) is 4.46. The largest absolute Gasteiger partial charge is 0.354 e. The number of hydrogen-bond donors (Lipinski definition) is 3. The molecule has 0 unspecified atom stereocenters. The van der Waals surface area contributed by atoms with E-state index >= 15 is 0 Å². The summed E-state index contributed by atoms with van der Waals surface area (Å²) in [5.41, 5.74) is 8.25. The minimum Gasteiger partial charge on any atom is -0.354 e. The zero-order valence-corrected chi connectivity index (χ0v) is 15.8. The van der Waals surface area contributed by atoms with Gasteiger partial charge in [0, 0.05) is 16.5 Å². The highest BCUT2D eigenvalue weighted by atomic mass is 15.3. The third kappa shape index (κ3) is 2.82. The summed E-state index contributed by atoms with van der Waals surface area (Å²) in [6, 6.07) is 13.3. The smallest absolute Gasteiger partial charge is 0.113 e. The maximum atomic E-state index is 4.25. The molecule has 1 saturated heterocycles. The summed E-state index contributed by atoms with van der Waals surface area (Å²) >= 11 is 0. The Balaban J connectivity index is 1.66. The molecule has 5 heteroatoms. The molecule has 0 radical (unpaired) electrons. The molecule has 0 bridgehead atoms. The van der Waals surface area contributed by atoms with E-state index in [2.05, 4.69) is 69.9 Å². The van der Waals surface area contributed by atoms with Crippen LogP contribution in [0.5, 0.6) is 0 Å².